The molecule has 4 rings (SSSR count). The summed E-state index contributed by atoms with van der Waals surface area (Å²) in [5.41, 5.74) is 2.54. The first-order chi connectivity index (χ1) is 12.7. The number of halogens is 1. The number of carbonyl (C=O) groups is 1. The smallest absolute Gasteiger partial charge is 0.257 e. The van der Waals surface area contributed by atoms with Crippen molar-refractivity contribution in [2.24, 2.45) is 0 Å². The highest BCUT2D eigenvalue weighted by Gasteiger charge is 2.26. The summed E-state index contributed by atoms with van der Waals surface area (Å²) in [4.78, 5) is 21.3. The monoisotopic (exact) mass is 368 g/mol. The zero-order valence-corrected chi connectivity index (χ0v) is 15.2. The van der Waals surface area contributed by atoms with Gasteiger partial charge in [0.05, 0.1) is 11.1 Å². The Morgan fingerprint density at radius 2 is 1.81 bits per heavy atom. The molecular weight excluding hydrogens is 348 g/mol. The third-order valence-electron chi connectivity index (χ3n) is 4.89. The van der Waals surface area contributed by atoms with Crippen LogP contribution in [-0.4, -0.2) is 56.8 Å². The van der Waals surface area contributed by atoms with E-state index in [1.807, 2.05) is 52.0 Å². The topological polar surface area (TPSA) is 40.9 Å². The lowest BCUT2D eigenvalue weighted by atomic mass is 10.1. The Morgan fingerprint density at radius 1 is 1.04 bits per heavy atom. The Balaban J connectivity index is 1.39. The Hall–Kier alpha value is -2.37. The van der Waals surface area contributed by atoms with Crippen molar-refractivity contribution in [3.8, 4) is 0 Å². The number of aromatic nitrogens is 2. The van der Waals surface area contributed by atoms with Gasteiger partial charge in [-0.05, 0) is 17.7 Å². The maximum Gasteiger partial charge on any atom is 0.257 e. The van der Waals surface area contributed by atoms with Gasteiger partial charge in [-0.2, -0.15) is 0 Å². The Labute approximate surface area is 157 Å². The summed E-state index contributed by atoms with van der Waals surface area (Å²) in [6.07, 6.45) is 6.28. The first-order valence-corrected chi connectivity index (χ1v) is 9.29. The van der Waals surface area contributed by atoms with Gasteiger partial charge in [0.1, 0.15) is 5.65 Å². The van der Waals surface area contributed by atoms with E-state index in [4.69, 9.17) is 11.6 Å². The fraction of sp³-hybridized carbons (Fsp3) is 0.300. The van der Waals surface area contributed by atoms with Crippen LogP contribution in [-0.2, 0) is 6.42 Å². The Bertz CT molecular complexity index is 887. The van der Waals surface area contributed by atoms with Crippen molar-refractivity contribution in [1.82, 2.24) is 19.2 Å². The van der Waals surface area contributed by atoms with Gasteiger partial charge in [0, 0.05) is 51.2 Å². The minimum Gasteiger partial charge on any atom is -0.336 e. The van der Waals surface area contributed by atoms with Gasteiger partial charge in [0.25, 0.3) is 5.91 Å². The van der Waals surface area contributed by atoms with Crippen molar-refractivity contribution in [3.63, 3.8) is 0 Å². The minimum atomic E-state index is -0.0506. The molecule has 3 aromatic rings. The highest BCUT2D eigenvalue weighted by atomic mass is 35.5. The van der Waals surface area contributed by atoms with E-state index in [9.17, 15) is 4.79 Å². The first kappa shape index (κ1) is 17.1. The van der Waals surface area contributed by atoms with Crippen LogP contribution in [0.4, 0.5) is 0 Å². The lowest BCUT2D eigenvalue weighted by molar-refractivity contribution is 0.0621. The van der Waals surface area contributed by atoms with Crippen LogP contribution in [0.15, 0.2) is 61.1 Å². The molecular formula is C20H21ClN4O. The van der Waals surface area contributed by atoms with E-state index < -0.39 is 0 Å². The van der Waals surface area contributed by atoms with Gasteiger partial charge < -0.3 is 9.30 Å². The third kappa shape index (κ3) is 3.45. The first-order valence-electron chi connectivity index (χ1n) is 8.85. The van der Waals surface area contributed by atoms with E-state index in [1.165, 1.54) is 5.56 Å². The number of piperazine rings is 1. The number of amides is 1. The molecule has 1 amide bonds. The summed E-state index contributed by atoms with van der Waals surface area (Å²) < 4.78 is 1.87. The van der Waals surface area contributed by atoms with Crippen LogP contribution in [0.3, 0.4) is 0 Å². The molecule has 0 bridgehead atoms. The fourth-order valence-corrected chi connectivity index (χ4v) is 3.80. The molecule has 2 aromatic heterocycles. The van der Waals surface area contributed by atoms with Gasteiger partial charge in [-0.25, -0.2) is 4.98 Å². The van der Waals surface area contributed by atoms with E-state index in [2.05, 4.69) is 22.0 Å². The maximum atomic E-state index is 12.9. The molecule has 134 valence electrons. The quantitative estimate of drug-likeness (QED) is 0.525. The molecule has 1 aliphatic rings. The lowest BCUT2D eigenvalue weighted by Gasteiger charge is -2.37. The molecule has 1 aromatic carbocycles. The molecule has 3 heterocycles. The second kappa shape index (κ2) is 7.48. The second-order valence-electron chi connectivity index (χ2n) is 6.53. The van der Waals surface area contributed by atoms with Crippen LogP contribution in [0.5, 0.6) is 0 Å². The van der Waals surface area contributed by atoms with Crippen LogP contribution in [0, 0.1) is 0 Å². The SMILES string of the molecule is O=C(c1cccn2ccnc12)N1CCN(C(Cl)Cc2ccccc2)CC1. The van der Waals surface area contributed by atoms with Gasteiger partial charge in [0.15, 0.2) is 0 Å². The van der Waals surface area contributed by atoms with Gasteiger partial charge in [0.2, 0.25) is 0 Å². The zero-order valence-electron chi connectivity index (χ0n) is 14.5. The highest BCUT2D eigenvalue weighted by Crippen LogP contribution is 2.18. The van der Waals surface area contributed by atoms with Crippen molar-refractivity contribution < 1.29 is 4.79 Å². The third-order valence-corrected chi connectivity index (χ3v) is 5.32. The number of benzene rings is 1. The molecule has 0 spiro atoms. The maximum absolute atomic E-state index is 12.9. The van der Waals surface area contributed by atoms with E-state index in [1.54, 1.807) is 6.20 Å². The average Bonchev–Trinajstić information content (AvgIpc) is 3.17. The Kier molecular flexibility index (Phi) is 4.91. The number of nitrogens with zero attached hydrogens (tertiary/aromatic N) is 4. The minimum absolute atomic E-state index is 0.0376. The Morgan fingerprint density at radius 3 is 2.58 bits per heavy atom. The van der Waals surface area contributed by atoms with Crippen molar-refractivity contribution in [1.29, 1.82) is 0 Å². The second-order valence-corrected chi connectivity index (χ2v) is 7.04. The molecule has 0 aliphatic carbocycles. The molecule has 1 aliphatic heterocycles. The number of carbonyl (C=O) groups excluding carboxylic acids is 1. The van der Waals surface area contributed by atoms with Gasteiger partial charge >= 0.3 is 0 Å². The summed E-state index contributed by atoms with van der Waals surface area (Å²) in [7, 11) is 0. The fourth-order valence-electron chi connectivity index (χ4n) is 3.43. The van der Waals surface area contributed by atoms with Gasteiger partial charge in [-0.15, -0.1) is 11.6 Å². The van der Waals surface area contributed by atoms with Crippen LogP contribution in [0.1, 0.15) is 15.9 Å². The molecule has 1 fully saturated rings. The van der Waals surface area contributed by atoms with Crippen LogP contribution < -0.4 is 0 Å². The predicted molar refractivity (Wildman–Crippen MR) is 102 cm³/mol. The summed E-state index contributed by atoms with van der Waals surface area (Å²) in [6, 6.07) is 14.0. The molecule has 1 saturated heterocycles. The molecule has 0 saturated carbocycles. The van der Waals surface area contributed by atoms with Crippen molar-refractivity contribution in [3.05, 3.63) is 72.2 Å². The van der Waals surface area contributed by atoms with Crippen molar-refractivity contribution in [2.75, 3.05) is 26.2 Å². The zero-order chi connectivity index (χ0) is 17.9. The van der Waals surface area contributed by atoms with Crippen molar-refractivity contribution in [2.45, 2.75) is 11.9 Å². The molecule has 0 radical (unpaired) electrons. The number of alkyl halides is 1. The number of rotatable bonds is 4. The number of imidazole rings is 1. The van der Waals surface area contributed by atoms with E-state index in [-0.39, 0.29) is 11.4 Å². The summed E-state index contributed by atoms with van der Waals surface area (Å²) >= 11 is 6.61. The van der Waals surface area contributed by atoms with Crippen molar-refractivity contribution >= 4 is 23.2 Å². The summed E-state index contributed by atoms with van der Waals surface area (Å²) in [6.45, 7) is 2.92. The number of pyridine rings is 1. The van der Waals surface area contributed by atoms with E-state index >= 15 is 0 Å². The lowest BCUT2D eigenvalue weighted by Crippen LogP contribution is -2.51. The van der Waals surface area contributed by atoms with E-state index in [0.29, 0.717) is 24.3 Å². The van der Waals surface area contributed by atoms with Gasteiger partial charge in [-0.1, -0.05) is 30.3 Å². The molecule has 6 heteroatoms. The van der Waals surface area contributed by atoms with Crippen LogP contribution in [0.25, 0.3) is 5.65 Å². The summed E-state index contributed by atoms with van der Waals surface area (Å²) in [5, 5.41) is 0. The van der Waals surface area contributed by atoms with Gasteiger partial charge in [-0.3, -0.25) is 9.69 Å². The molecule has 5 nitrogen and oxygen atoms in total. The molecule has 0 N–H and O–H groups in total. The molecule has 1 unspecified atom stereocenters. The van der Waals surface area contributed by atoms with E-state index in [0.717, 1.165) is 19.5 Å². The summed E-state index contributed by atoms with van der Waals surface area (Å²) in [5.74, 6) is 0.0376. The number of hydrogen-bond acceptors (Lipinski definition) is 3. The normalized spacial score (nSPS) is 16.7. The largest absolute Gasteiger partial charge is 0.336 e. The van der Waals surface area contributed by atoms with Crippen LogP contribution >= 0.6 is 11.6 Å². The van der Waals surface area contributed by atoms with Crippen LogP contribution in [0.2, 0.25) is 0 Å². The predicted octanol–water partition coefficient (Wildman–Crippen LogP) is 2.90. The average molecular weight is 369 g/mol. The highest BCUT2D eigenvalue weighted by molar-refractivity contribution is 6.20. The number of hydrogen-bond donors (Lipinski definition) is 0. The molecule has 26 heavy (non-hydrogen) atoms. The standard InChI is InChI=1S/C20H21ClN4O/c21-18(15-16-5-2-1-3-6-16)23-11-13-25(14-12-23)20(26)17-7-4-9-24-10-8-22-19(17)24/h1-10,18H,11-15H2. The molecule has 1 atom stereocenters. The number of fused-ring (bicyclic) bond motifs is 1.